The fourth-order valence-corrected chi connectivity index (χ4v) is 2.34. The van der Waals surface area contributed by atoms with Gasteiger partial charge in [0.1, 0.15) is 5.82 Å². The van der Waals surface area contributed by atoms with E-state index in [9.17, 15) is 9.18 Å². The van der Waals surface area contributed by atoms with E-state index in [0.29, 0.717) is 30.2 Å². The maximum atomic E-state index is 13.3. The molecule has 2 aromatic rings. The molecule has 1 N–H and O–H groups in total. The first-order chi connectivity index (χ1) is 10.6. The maximum absolute atomic E-state index is 13.3. The molecule has 6 nitrogen and oxygen atoms in total. The Morgan fingerprint density at radius 2 is 2.27 bits per heavy atom. The minimum Gasteiger partial charge on any atom is -0.464 e. The van der Waals surface area contributed by atoms with Crippen LogP contribution in [0.4, 0.5) is 20.7 Å². The molecule has 0 unspecified atom stereocenters. The summed E-state index contributed by atoms with van der Waals surface area (Å²) in [7, 11) is 0. The quantitative estimate of drug-likeness (QED) is 0.946. The monoisotopic (exact) mass is 302 g/mol. The van der Waals surface area contributed by atoms with Crippen molar-refractivity contribution >= 4 is 17.5 Å². The first kappa shape index (κ1) is 14.2. The number of benzene rings is 1. The lowest BCUT2D eigenvalue weighted by Crippen LogP contribution is -2.42. The fraction of sp³-hybridized carbons (Fsp3) is 0.267. The Morgan fingerprint density at radius 1 is 1.45 bits per heavy atom. The van der Waals surface area contributed by atoms with Crippen LogP contribution in [0.1, 0.15) is 18.1 Å². The average Bonchev–Trinajstić information content (AvgIpc) is 2.49. The summed E-state index contributed by atoms with van der Waals surface area (Å²) in [5.41, 5.74) is 1.98. The number of ether oxygens (including phenoxy) is 1. The van der Waals surface area contributed by atoms with Crippen molar-refractivity contribution in [1.82, 2.24) is 15.3 Å². The molecule has 2 amide bonds. The first-order valence-corrected chi connectivity index (χ1v) is 6.93. The summed E-state index contributed by atoms with van der Waals surface area (Å²) in [4.78, 5) is 22.1. The lowest BCUT2D eigenvalue weighted by atomic mass is 10.1. The van der Waals surface area contributed by atoms with Crippen LogP contribution in [0.2, 0.25) is 0 Å². The number of nitrogens with one attached hydrogen (secondary N) is 1. The predicted octanol–water partition coefficient (Wildman–Crippen LogP) is 2.68. The molecule has 22 heavy (non-hydrogen) atoms. The second kappa shape index (κ2) is 5.59. The van der Waals surface area contributed by atoms with E-state index in [1.54, 1.807) is 19.2 Å². The number of halogens is 1. The Balaban J connectivity index is 2.12. The number of carbonyl (C=O) groups excluding carboxylic acids is 1. The van der Waals surface area contributed by atoms with Gasteiger partial charge in [-0.2, -0.15) is 4.98 Å². The van der Waals surface area contributed by atoms with Gasteiger partial charge in [-0.25, -0.2) is 19.1 Å². The van der Waals surface area contributed by atoms with E-state index in [-0.39, 0.29) is 17.9 Å². The second-order valence-corrected chi connectivity index (χ2v) is 4.86. The third kappa shape index (κ3) is 2.45. The van der Waals surface area contributed by atoms with Gasteiger partial charge in [0.25, 0.3) is 0 Å². The summed E-state index contributed by atoms with van der Waals surface area (Å²) in [6, 6.07) is 4.14. The number of aromatic nitrogens is 2. The molecule has 1 aromatic heterocycles. The van der Waals surface area contributed by atoms with Gasteiger partial charge < -0.3 is 10.1 Å². The molecule has 1 aliphatic rings. The highest BCUT2D eigenvalue weighted by Gasteiger charge is 2.28. The average molecular weight is 302 g/mol. The number of amides is 2. The SMILES string of the molecule is CCOc1ncc2c(n1)N(c1ccc(F)cc1C)C(=O)NC2. The van der Waals surface area contributed by atoms with Crippen molar-refractivity contribution in [3.63, 3.8) is 0 Å². The topological polar surface area (TPSA) is 67.4 Å². The first-order valence-electron chi connectivity index (χ1n) is 6.93. The van der Waals surface area contributed by atoms with Crippen LogP contribution in [-0.4, -0.2) is 22.6 Å². The van der Waals surface area contributed by atoms with Crippen molar-refractivity contribution in [2.75, 3.05) is 11.5 Å². The normalized spacial score (nSPS) is 13.6. The van der Waals surface area contributed by atoms with Crippen LogP contribution in [0.5, 0.6) is 6.01 Å². The van der Waals surface area contributed by atoms with Gasteiger partial charge in [0.15, 0.2) is 5.82 Å². The number of hydrogen-bond acceptors (Lipinski definition) is 4. The number of rotatable bonds is 3. The highest BCUT2D eigenvalue weighted by Crippen LogP contribution is 2.33. The largest absolute Gasteiger partial charge is 0.464 e. The number of urea groups is 1. The molecular weight excluding hydrogens is 287 g/mol. The highest BCUT2D eigenvalue weighted by molar-refractivity contribution is 6.01. The number of anilines is 2. The van der Waals surface area contributed by atoms with Gasteiger partial charge in [-0.1, -0.05) is 0 Å². The molecule has 0 aliphatic carbocycles. The molecule has 7 heteroatoms. The van der Waals surface area contributed by atoms with Gasteiger partial charge in [-0.15, -0.1) is 0 Å². The lowest BCUT2D eigenvalue weighted by molar-refractivity contribution is 0.246. The number of carbonyl (C=O) groups is 1. The zero-order valence-corrected chi connectivity index (χ0v) is 12.3. The predicted molar refractivity (Wildman–Crippen MR) is 78.7 cm³/mol. The van der Waals surface area contributed by atoms with E-state index >= 15 is 0 Å². The number of aryl methyl sites for hydroxylation is 1. The Labute approximate surface area is 126 Å². The Hall–Kier alpha value is -2.70. The van der Waals surface area contributed by atoms with Gasteiger partial charge in [0.05, 0.1) is 12.3 Å². The summed E-state index contributed by atoms with van der Waals surface area (Å²) in [5, 5.41) is 2.75. The summed E-state index contributed by atoms with van der Waals surface area (Å²) in [6.45, 7) is 4.35. The Bertz CT molecular complexity index is 735. The molecule has 1 aliphatic heterocycles. The molecule has 0 saturated carbocycles. The molecular formula is C15H15FN4O2. The van der Waals surface area contributed by atoms with Crippen LogP contribution in [0, 0.1) is 12.7 Å². The van der Waals surface area contributed by atoms with E-state index < -0.39 is 0 Å². The van der Waals surface area contributed by atoms with E-state index in [4.69, 9.17) is 4.74 Å². The van der Waals surface area contributed by atoms with Crippen LogP contribution < -0.4 is 15.0 Å². The fourth-order valence-electron chi connectivity index (χ4n) is 2.34. The number of nitrogens with zero attached hydrogens (tertiary/aromatic N) is 3. The zero-order chi connectivity index (χ0) is 15.7. The summed E-state index contributed by atoms with van der Waals surface area (Å²) in [6.07, 6.45) is 1.62. The van der Waals surface area contributed by atoms with Gasteiger partial charge in [0.2, 0.25) is 0 Å². The smallest absolute Gasteiger partial charge is 0.328 e. The minimum absolute atomic E-state index is 0.209. The molecule has 114 valence electrons. The molecule has 0 spiro atoms. The molecule has 0 atom stereocenters. The summed E-state index contributed by atoms with van der Waals surface area (Å²) >= 11 is 0. The molecule has 0 radical (unpaired) electrons. The van der Waals surface area contributed by atoms with Crippen LogP contribution >= 0.6 is 0 Å². The highest BCUT2D eigenvalue weighted by atomic mass is 19.1. The van der Waals surface area contributed by atoms with Crippen LogP contribution in [0.25, 0.3) is 0 Å². The maximum Gasteiger partial charge on any atom is 0.328 e. The second-order valence-electron chi connectivity index (χ2n) is 4.86. The number of fused-ring (bicyclic) bond motifs is 1. The Morgan fingerprint density at radius 3 is 3.00 bits per heavy atom. The molecule has 1 aromatic carbocycles. The molecule has 0 fully saturated rings. The standard InChI is InChI=1S/C15H15FN4O2/c1-3-22-14-17-7-10-8-18-15(21)20(13(10)19-14)12-5-4-11(16)6-9(12)2/h4-7H,3,8H2,1-2H3,(H,18,21). The van der Waals surface area contributed by atoms with Crippen LogP contribution in [0.15, 0.2) is 24.4 Å². The Kier molecular flexibility index (Phi) is 3.62. The number of hydrogen-bond donors (Lipinski definition) is 1. The van der Waals surface area contributed by atoms with Crippen molar-refractivity contribution in [3.8, 4) is 6.01 Å². The summed E-state index contributed by atoms with van der Waals surface area (Å²) in [5.74, 6) is 0.105. The molecule has 0 saturated heterocycles. The van der Waals surface area contributed by atoms with Gasteiger partial charge >= 0.3 is 12.0 Å². The third-order valence-electron chi connectivity index (χ3n) is 3.34. The van der Waals surface area contributed by atoms with Gasteiger partial charge in [-0.3, -0.25) is 0 Å². The lowest BCUT2D eigenvalue weighted by Gasteiger charge is -2.29. The van der Waals surface area contributed by atoms with Crippen molar-refractivity contribution in [2.45, 2.75) is 20.4 Å². The molecule has 3 rings (SSSR count). The van der Waals surface area contributed by atoms with Crippen molar-refractivity contribution < 1.29 is 13.9 Å². The van der Waals surface area contributed by atoms with Gasteiger partial charge in [0, 0.05) is 18.3 Å². The van der Waals surface area contributed by atoms with Crippen molar-refractivity contribution in [1.29, 1.82) is 0 Å². The summed E-state index contributed by atoms with van der Waals surface area (Å²) < 4.78 is 18.6. The van der Waals surface area contributed by atoms with Crippen molar-refractivity contribution in [2.24, 2.45) is 0 Å². The van der Waals surface area contributed by atoms with Crippen LogP contribution in [0.3, 0.4) is 0 Å². The van der Waals surface area contributed by atoms with E-state index in [1.165, 1.54) is 17.0 Å². The zero-order valence-electron chi connectivity index (χ0n) is 12.3. The molecule has 0 bridgehead atoms. The van der Waals surface area contributed by atoms with Gasteiger partial charge in [-0.05, 0) is 37.6 Å². The third-order valence-corrected chi connectivity index (χ3v) is 3.34. The van der Waals surface area contributed by atoms with E-state index in [0.717, 1.165) is 5.56 Å². The van der Waals surface area contributed by atoms with Crippen molar-refractivity contribution in [3.05, 3.63) is 41.3 Å². The minimum atomic E-state index is -0.350. The van der Waals surface area contributed by atoms with E-state index in [2.05, 4.69) is 15.3 Å². The van der Waals surface area contributed by atoms with E-state index in [1.807, 2.05) is 6.92 Å². The van der Waals surface area contributed by atoms with Crippen LogP contribution in [-0.2, 0) is 6.54 Å². The molecule has 2 heterocycles.